The third-order valence-electron chi connectivity index (χ3n) is 3.51. The first kappa shape index (κ1) is 13.3. The van der Waals surface area contributed by atoms with E-state index < -0.39 is 0 Å². The van der Waals surface area contributed by atoms with E-state index in [1.54, 1.807) is 7.11 Å². The lowest BCUT2D eigenvalue weighted by Crippen LogP contribution is -2.45. The van der Waals surface area contributed by atoms with Crippen LogP contribution in [0, 0.1) is 0 Å². The van der Waals surface area contributed by atoms with Crippen LogP contribution >= 0.6 is 0 Å². The van der Waals surface area contributed by atoms with E-state index in [-0.39, 0.29) is 0 Å². The van der Waals surface area contributed by atoms with Crippen molar-refractivity contribution in [3.63, 3.8) is 0 Å². The van der Waals surface area contributed by atoms with Crippen LogP contribution in [0.25, 0.3) is 0 Å². The van der Waals surface area contributed by atoms with Crippen molar-refractivity contribution in [1.29, 1.82) is 0 Å². The predicted molar refractivity (Wildman–Crippen MR) is 72.9 cm³/mol. The number of hydrogen-bond donors (Lipinski definition) is 1. The molecular weight excluding hydrogens is 226 g/mol. The average molecular weight is 249 g/mol. The molecule has 4 nitrogen and oxygen atoms in total. The molecule has 100 valence electrons. The van der Waals surface area contributed by atoms with Gasteiger partial charge in [0.05, 0.1) is 7.11 Å². The number of methoxy groups -OCH3 is 1. The maximum Gasteiger partial charge on any atom is 0.212 e. The monoisotopic (exact) mass is 249 g/mol. The highest BCUT2D eigenvalue weighted by atomic mass is 16.5. The largest absolute Gasteiger partial charge is 0.481 e. The molecule has 1 aliphatic heterocycles. The number of piperazine rings is 1. The van der Waals surface area contributed by atoms with Gasteiger partial charge in [0.15, 0.2) is 0 Å². The highest BCUT2D eigenvalue weighted by molar-refractivity contribution is 5.21. The molecule has 0 spiro atoms. The summed E-state index contributed by atoms with van der Waals surface area (Å²) in [4.78, 5) is 6.89. The van der Waals surface area contributed by atoms with Crippen molar-refractivity contribution in [2.45, 2.75) is 25.8 Å². The molecule has 4 heteroatoms. The van der Waals surface area contributed by atoms with Gasteiger partial charge in [-0.2, -0.15) is 0 Å². The predicted octanol–water partition coefficient (Wildman–Crippen LogP) is 1.84. The average Bonchev–Trinajstić information content (AvgIpc) is 2.46. The van der Waals surface area contributed by atoms with Crippen LogP contribution < -0.4 is 10.1 Å². The van der Waals surface area contributed by atoms with Gasteiger partial charge in [0.25, 0.3) is 0 Å². The van der Waals surface area contributed by atoms with Gasteiger partial charge in [-0.05, 0) is 12.0 Å². The van der Waals surface area contributed by atoms with Crippen LogP contribution in [0.2, 0.25) is 0 Å². The van der Waals surface area contributed by atoms with Gasteiger partial charge in [0, 0.05) is 44.5 Å². The summed E-state index contributed by atoms with van der Waals surface area (Å²) in [6.45, 7) is 6.66. The van der Waals surface area contributed by atoms with E-state index in [0.29, 0.717) is 11.9 Å². The van der Waals surface area contributed by atoms with Gasteiger partial charge in [-0.3, -0.25) is 4.90 Å². The summed E-state index contributed by atoms with van der Waals surface area (Å²) in [5.74, 6) is 0.689. The molecule has 0 aliphatic carbocycles. The van der Waals surface area contributed by atoms with Crippen LogP contribution in [0.5, 0.6) is 5.88 Å². The Morgan fingerprint density at radius 3 is 2.72 bits per heavy atom. The molecule has 1 aromatic heterocycles. The highest BCUT2D eigenvalue weighted by Gasteiger charge is 2.21. The van der Waals surface area contributed by atoms with Crippen molar-refractivity contribution >= 4 is 0 Å². The van der Waals surface area contributed by atoms with Crippen molar-refractivity contribution in [1.82, 2.24) is 15.2 Å². The summed E-state index contributed by atoms with van der Waals surface area (Å²) < 4.78 is 5.12. The summed E-state index contributed by atoms with van der Waals surface area (Å²) >= 11 is 0. The minimum Gasteiger partial charge on any atom is -0.481 e. The number of ether oxygens (including phenoxy) is 1. The van der Waals surface area contributed by atoms with E-state index in [9.17, 15) is 0 Å². The Balaban J connectivity index is 2.11. The maximum absolute atomic E-state index is 5.12. The minimum absolute atomic E-state index is 0.496. The molecule has 1 aliphatic rings. The molecule has 0 bridgehead atoms. The van der Waals surface area contributed by atoms with E-state index in [1.165, 1.54) is 18.4 Å². The Morgan fingerprint density at radius 2 is 2.17 bits per heavy atom. The molecular formula is C14H23N3O. The zero-order valence-electron chi connectivity index (χ0n) is 11.4. The molecule has 0 saturated carbocycles. The van der Waals surface area contributed by atoms with Crippen LogP contribution in [-0.2, 0) is 0 Å². The quantitative estimate of drug-likeness (QED) is 0.864. The number of pyridine rings is 1. The lowest BCUT2D eigenvalue weighted by atomic mass is 10.0. The Kier molecular flexibility index (Phi) is 4.96. The zero-order valence-corrected chi connectivity index (χ0v) is 11.4. The van der Waals surface area contributed by atoms with E-state index in [0.717, 1.165) is 26.2 Å². The van der Waals surface area contributed by atoms with Crippen molar-refractivity contribution in [2.24, 2.45) is 0 Å². The Hall–Kier alpha value is -1.13. The lowest BCUT2D eigenvalue weighted by Gasteiger charge is -2.35. The van der Waals surface area contributed by atoms with Gasteiger partial charge in [-0.15, -0.1) is 0 Å². The van der Waals surface area contributed by atoms with Gasteiger partial charge in [0.1, 0.15) is 0 Å². The van der Waals surface area contributed by atoms with Crippen molar-refractivity contribution in [2.75, 3.05) is 33.3 Å². The van der Waals surface area contributed by atoms with Crippen LogP contribution in [-0.4, -0.2) is 43.2 Å². The smallest absolute Gasteiger partial charge is 0.212 e. The van der Waals surface area contributed by atoms with Crippen molar-refractivity contribution in [3.05, 3.63) is 23.9 Å². The third-order valence-corrected chi connectivity index (χ3v) is 3.51. The van der Waals surface area contributed by atoms with E-state index >= 15 is 0 Å². The molecule has 0 aromatic carbocycles. The fourth-order valence-electron chi connectivity index (χ4n) is 2.54. The van der Waals surface area contributed by atoms with Gasteiger partial charge in [-0.1, -0.05) is 19.4 Å². The van der Waals surface area contributed by atoms with E-state index in [1.807, 2.05) is 12.3 Å². The molecule has 1 saturated heterocycles. The van der Waals surface area contributed by atoms with E-state index in [4.69, 9.17) is 4.74 Å². The molecule has 2 rings (SSSR count). The van der Waals surface area contributed by atoms with Gasteiger partial charge < -0.3 is 10.1 Å². The lowest BCUT2D eigenvalue weighted by molar-refractivity contribution is 0.164. The first-order chi connectivity index (χ1) is 8.85. The molecule has 0 radical (unpaired) electrons. The Bertz CT molecular complexity index is 347. The van der Waals surface area contributed by atoms with Gasteiger partial charge >= 0.3 is 0 Å². The Morgan fingerprint density at radius 1 is 1.39 bits per heavy atom. The molecule has 1 atom stereocenters. The van der Waals surface area contributed by atoms with Crippen molar-refractivity contribution < 1.29 is 4.74 Å². The van der Waals surface area contributed by atoms with Crippen molar-refractivity contribution in [3.8, 4) is 5.88 Å². The maximum atomic E-state index is 5.12. The summed E-state index contributed by atoms with van der Waals surface area (Å²) in [5.41, 5.74) is 1.31. The second-order valence-corrected chi connectivity index (χ2v) is 4.72. The fraction of sp³-hybridized carbons (Fsp3) is 0.643. The Labute approximate surface area is 109 Å². The first-order valence-electron chi connectivity index (χ1n) is 6.80. The summed E-state index contributed by atoms with van der Waals surface area (Å²) in [5, 5.41) is 3.40. The second-order valence-electron chi connectivity index (χ2n) is 4.72. The fourth-order valence-corrected chi connectivity index (χ4v) is 2.54. The summed E-state index contributed by atoms with van der Waals surface area (Å²) in [7, 11) is 1.65. The summed E-state index contributed by atoms with van der Waals surface area (Å²) in [6.07, 6.45) is 4.34. The number of aromatic nitrogens is 1. The normalized spacial score (nSPS) is 18.6. The number of nitrogens with one attached hydrogen (secondary N) is 1. The minimum atomic E-state index is 0.496. The summed E-state index contributed by atoms with van der Waals surface area (Å²) in [6, 6.07) is 4.60. The van der Waals surface area contributed by atoms with Crippen LogP contribution in [0.1, 0.15) is 31.4 Å². The van der Waals surface area contributed by atoms with Crippen LogP contribution in [0.3, 0.4) is 0 Å². The van der Waals surface area contributed by atoms with Gasteiger partial charge in [0.2, 0.25) is 5.88 Å². The molecule has 0 unspecified atom stereocenters. The third kappa shape index (κ3) is 3.21. The van der Waals surface area contributed by atoms with E-state index in [2.05, 4.69) is 28.2 Å². The number of hydrogen-bond acceptors (Lipinski definition) is 4. The van der Waals surface area contributed by atoms with Crippen LogP contribution in [0.15, 0.2) is 18.3 Å². The number of rotatable bonds is 5. The second kappa shape index (κ2) is 6.71. The molecule has 18 heavy (non-hydrogen) atoms. The van der Waals surface area contributed by atoms with Gasteiger partial charge in [-0.25, -0.2) is 4.98 Å². The molecule has 1 fully saturated rings. The molecule has 1 aromatic rings. The first-order valence-corrected chi connectivity index (χ1v) is 6.80. The zero-order chi connectivity index (χ0) is 12.8. The SMILES string of the molecule is CCC[C@H](c1ccc(OC)nc1)N1CCNCC1. The molecule has 0 amide bonds. The van der Waals surface area contributed by atoms with Crippen LogP contribution in [0.4, 0.5) is 0 Å². The number of nitrogens with zero attached hydrogens (tertiary/aromatic N) is 2. The molecule has 1 N–H and O–H groups in total. The topological polar surface area (TPSA) is 37.4 Å². The highest BCUT2D eigenvalue weighted by Crippen LogP contribution is 2.26. The molecule has 2 heterocycles. The standard InChI is InChI=1S/C14H23N3O/c1-3-4-13(17-9-7-15-8-10-17)12-5-6-14(18-2)16-11-12/h5-6,11,13,15H,3-4,7-10H2,1-2H3/t13-/m1/s1.